The van der Waals surface area contributed by atoms with E-state index in [1.54, 1.807) is 7.11 Å². The molecule has 0 saturated heterocycles. The second-order valence-corrected chi connectivity index (χ2v) is 2.62. The maximum Gasteiger partial charge on any atom is 0.0903 e. The second-order valence-electron chi connectivity index (χ2n) is 2.62. The van der Waals surface area contributed by atoms with Gasteiger partial charge in [0.1, 0.15) is 0 Å². The number of aliphatic hydroxyl groups excluding tert-OH is 1. The SMILES string of the molecule is COCC(C)OCC(O)CC#N. The summed E-state index contributed by atoms with van der Waals surface area (Å²) in [4.78, 5) is 0. The number of rotatable bonds is 6. The normalized spacial score (nSPS) is 15.2. The Bertz CT molecular complexity index is 144. The predicted octanol–water partition coefficient (Wildman–Crippen LogP) is 0.312. The summed E-state index contributed by atoms with van der Waals surface area (Å²) in [7, 11) is 1.59. The Morgan fingerprint density at radius 3 is 2.67 bits per heavy atom. The van der Waals surface area contributed by atoms with Crippen LogP contribution in [0.1, 0.15) is 13.3 Å². The monoisotopic (exact) mass is 173 g/mol. The van der Waals surface area contributed by atoms with Crippen molar-refractivity contribution in [1.29, 1.82) is 5.26 Å². The minimum Gasteiger partial charge on any atom is -0.390 e. The van der Waals surface area contributed by atoms with Crippen LogP contribution in [0.4, 0.5) is 0 Å². The summed E-state index contributed by atoms with van der Waals surface area (Å²) in [5.41, 5.74) is 0. The van der Waals surface area contributed by atoms with Gasteiger partial charge in [-0.2, -0.15) is 5.26 Å². The Balaban J connectivity index is 3.34. The van der Waals surface area contributed by atoms with E-state index in [9.17, 15) is 0 Å². The van der Waals surface area contributed by atoms with Crippen LogP contribution in [0.2, 0.25) is 0 Å². The molecule has 70 valence electrons. The van der Waals surface area contributed by atoms with Crippen molar-refractivity contribution in [1.82, 2.24) is 0 Å². The summed E-state index contributed by atoms with van der Waals surface area (Å²) < 4.78 is 9.99. The van der Waals surface area contributed by atoms with E-state index in [1.807, 2.05) is 13.0 Å². The van der Waals surface area contributed by atoms with Crippen LogP contribution in [0.3, 0.4) is 0 Å². The van der Waals surface area contributed by atoms with Crippen molar-refractivity contribution in [3.05, 3.63) is 0 Å². The fourth-order valence-corrected chi connectivity index (χ4v) is 0.722. The minimum absolute atomic E-state index is 0.0386. The third kappa shape index (κ3) is 6.10. The number of methoxy groups -OCH3 is 1. The number of aliphatic hydroxyl groups is 1. The molecule has 0 heterocycles. The third-order valence-corrected chi connectivity index (χ3v) is 1.30. The van der Waals surface area contributed by atoms with Crippen LogP contribution in [-0.4, -0.2) is 37.6 Å². The zero-order valence-corrected chi connectivity index (χ0v) is 7.49. The summed E-state index contributed by atoms with van der Waals surface area (Å²) in [6.07, 6.45) is -0.614. The lowest BCUT2D eigenvalue weighted by Crippen LogP contribution is -2.22. The first kappa shape index (κ1) is 11.4. The van der Waals surface area contributed by atoms with E-state index in [4.69, 9.17) is 19.8 Å². The molecule has 0 radical (unpaired) electrons. The quantitative estimate of drug-likeness (QED) is 0.628. The molecule has 0 aromatic rings. The van der Waals surface area contributed by atoms with Crippen LogP contribution in [0, 0.1) is 11.3 Å². The molecule has 0 bridgehead atoms. The molecule has 0 aliphatic heterocycles. The summed E-state index contributed by atoms with van der Waals surface area (Å²) in [5, 5.41) is 17.3. The second kappa shape index (κ2) is 7.04. The van der Waals surface area contributed by atoms with E-state index in [1.165, 1.54) is 0 Å². The van der Waals surface area contributed by atoms with Crippen molar-refractivity contribution < 1.29 is 14.6 Å². The van der Waals surface area contributed by atoms with E-state index < -0.39 is 6.10 Å². The molecule has 1 N–H and O–H groups in total. The number of nitrogens with zero attached hydrogens (tertiary/aromatic N) is 1. The van der Waals surface area contributed by atoms with E-state index in [0.29, 0.717) is 6.61 Å². The van der Waals surface area contributed by atoms with Crippen molar-refractivity contribution >= 4 is 0 Å². The Morgan fingerprint density at radius 1 is 1.50 bits per heavy atom. The summed E-state index contributed by atoms with van der Waals surface area (Å²) in [6.45, 7) is 2.54. The van der Waals surface area contributed by atoms with Crippen LogP contribution >= 0.6 is 0 Å². The smallest absolute Gasteiger partial charge is 0.0903 e. The zero-order chi connectivity index (χ0) is 9.40. The Hall–Kier alpha value is -0.630. The van der Waals surface area contributed by atoms with Gasteiger partial charge >= 0.3 is 0 Å². The van der Waals surface area contributed by atoms with Crippen molar-refractivity contribution in [2.24, 2.45) is 0 Å². The topological polar surface area (TPSA) is 62.5 Å². The molecule has 0 amide bonds. The highest BCUT2D eigenvalue weighted by atomic mass is 16.5. The summed E-state index contributed by atoms with van der Waals surface area (Å²) >= 11 is 0. The molecule has 0 aliphatic rings. The lowest BCUT2D eigenvalue weighted by atomic mass is 10.3. The number of ether oxygens (including phenoxy) is 2. The molecule has 4 nitrogen and oxygen atoms in total. The first-order valence-corrected chi connectivity index (χ1v) is 3.86. The molecule has 0 aromatic carbocycles. The van der Waals surface area contributed by atoms with E-state index in [-0.39, 0.29) is 19.1 Å². The first-order valence-electron chi connectivity index (χ1n) is 3.86. The van der Waals surface area contributed by atoms with Crippen LogP contribution < -0.4 is 0 Å². The van der Waals surface area contributed by atoms with E-state index >= 15 is 0 Å². The fourth-order valence-electron chi connectivity index (χ4n) is 0.722. The van der Waals surface area contributed by atoms with Gasteiger partial charge in [0, 0.05) is 7.11 Å². The molecule has 0 aromatic heterocycles. The van der Waals surface area contributed by atoms with Gasteiger partial charge in [-0.25, -0.2) is 0 Å². The van der Waals surface area contributed by atoms with Gasteiger partial charge in [-0.15, -0.1) is 0 Å². The number of hydrogen-bond acceptors (Lipinski definition) is 4. The molecule has 0 spiro atoms. The molecule has 2 atom stereocenters. The van der Waals surface area contributed by atoms with Gasteiger partial charge in [-0.1, -0.05) is 0 Å². The highest BCUT2D eigenvalue weighted by Gasteiger charge is 2.06. The molecular formula is C8H15NO3. The molecule has 12 heavy (non-hydrogen) atoms. The Kier molecular flexibility index (Phi) is 6.67. The molecule has 0 aliphatic carbocycles. The first-order chi connectivity index (χ1) is 5.70. The largest absolute Gasteiger partial charge is 0.390 e. The van der Waals surface area contributed by atoms with Crippen LogP contribution in [0.5, 0.6) is 0 Å². The summed E-state index contributed by atoms with van der Waals surface area (Å²) in [6, 6.07) is 1.86. The Labute approximate surface area is 72.7 Å². The molecule has 4 heteroatoms. The standard InChI is InChI=1S/C8H15NO3/c1-7(5-11-2)12-6-8(10)3-4-9/h7-8,10H,3,5-6H2,1-2H3. The van der Waals surface area contributed by atoms with Crippen LogP contribution in [0.25, 0.3) is 0 Å². The molecule has 2 unspecified atom stereocenters. The highest BCUT2D eigenvalue weighted by Crippen LogP contribution is 1.96. The molecular weight excluding hydrogens is 158 g/mol. The molecule has 0 rings (SSSR count). The van der Waals surface area contributed by atoms with Crippen LogP contribution in [-0.2, 0) is 9.47 Å². The maximum absolute atomic E-state index is 9.08. The van der Waals surface area contributed by atoms with Crippen molar-refractivity contribution in [2.75, 3.05) is 20.3 Å². The third-order valence-electron chi connectivity index (χ3n) is 1.30. The highest BCUT2D eigenvalue weighted by molar-refractivity contribution is 4.74. The van der Waals surface area contributed by atoms with E-state index in [0.717, 1.165) is 0 Å². The van der Waals surface area contributed by atoms with Crippen molar-refractivity contribution in [2.45, 2.75) is 25.6 Å². The fraction of sp³-hybridized carbons (Fsp3) is 0.875. The van der Waals surface area contributed by atoms with Crippen LogP contribution in [0.15, 0.2) is 0 Å². The van der Waals surface area contributed by atoms with Gasteiger partial charge in [0.2, 0.25) is 0 Å². The van der Waals surface area contributed by atoms with Gasteiger partial charge in [0.15, 0.2) is 0 Å². The Morgan fingerprint density at radius 2 is 2.17 bits per heavy atom. The average Bonchev–Trinajstić information content (AvgIpc) is 2.02. The molecule has 0 saturated carbocycles. The van der Waals surface area contributed by atoms with Crippen molar-refractivity contribution in [3.63, 3.8) is 0 Å². The van der Waals surface area contributed by atoms with Gasteiger partial charge in [-0.3, -0.25) is 0 Å². The minimum atomic E-state index is -0.686. The lowest BCUT2D eigenvalue weighted by molar-refractivity contribution is -0.0303. The van der Waals surface area contributed by atoms with Gasteiger partial charge in [0.05, 0.1) is 37.9 Å². The number of hydrogen-bond donors (Lipinski definition) is 1. The lowest BCUT2D eigenvalue weighted by Gasteiger charge is -2.13. The molecule has 0 fully saturated rings. The van der Waals surface area contributed by atoms with Gasteiger partial charge in [0.25, 0.3) is 0 Å². The predicted molar refractivity (Wildman–Crippen MR) is 43.5 cm³/mol. The van der Waals surface area contributed by atoms with Gasteiger partial charge < -0.3 is 14.6 Å². The maximum atomic E-state index is 9.08. The number of nitriles is 1. The van der Waals surface area contributed by atoms with Gasteiger partial charge in [-0.05, 0) is 6.92 Å². The van der Waals surface area contributed by atoms with Crippen molar-refractivity contribution in [3.8, 4) is 6.07 Å². The summed E-state index contributed by atoms with van der Waals surface area (Å²) in [5.74, 6) is 0. The zero-order valence-electron chi connectivity index (χ0n) is 7.49. The average molecular weight is 173 g/mol. The van der Waals surface area contributed by atoms with E-state index in [2.05, 4.69) is 0 Å².